The zero-order valence-electron chi connectivity index (χ0n) is 16.4. The molecule has 1 aliphatic rings. The molecule has 10 heteroatoms. The molecule has 1 fully saturated rings. The number of benzene rings is 1. The normalized spacial score (nSPS) is 17.4. The number of hydrogen-bond donors (Lipinski definition) is 0. The van der Waals surface area contributed by atoms with Crippen molar-refractivity contribution in [2.75, 3.05) is 26.2 Å². The lowest BCUT2D eigenvalue weighted by Crippen LogP contribution is -2.48. The number of rotatable bonds is 5. The van der Waals surface area contributed by atoms with Crippen LogP contribution in [0.25, 0.3) is 6.08 Å². The first-order chi connectivity index (χ1) is 13.2. The Balaban J connectivity index is 1.59. The minimum Gasteiger partial charge on any atom is -0.282 e. The number of tetrazole rings is 1. The van der Waals surface area contributed by atoms with Crippen LogP contribution in [-0.4, -0.2) is 63.6 Å². The molecule has 0 amide bonds. The van der Waals surface area contributed by atoms with E-state index in [1.807, 2.05) is 51.1 Å². The second kappa shape index (κ2) is 8.24. The molecule has 2 aromatic rings. The number of hydrogen-bond acceptors (Lipinski definition) is 6. The maximum atomic E-state index is 12.6. The highest BCUT2D eigenvalue weighted by molar-refractivity contribution is 7.92. The van der Waals surface area contributed by atoms with Gasteiger partial charge in [0.25, 0.3) is 0 Å². The molecule has 0 atom stereocenters. The summed E-state index contributed by atoms with van der Waals surface area (Å²) in [4.78, 5) is 2.13. The van der Waals surface area contributed by atoms with Crippen LogP contribution in [-0.2, 0) is 22.2 Å². The number of sulfonamides is 1. The maximum Gasteiger partial charge on any atom is 0.236 e. The summed E-state index contributed by atoms with van der Waals surface area (Å²) in [5.74, 6) is 0. The lowest BCUT2D eigenvalue weighted by atomic mass is 10.1. The third kappa shape index (κ3) is 4.93. The molecule has 152 valence electrons. The fraction of sp³-hybridized carbons (Fsp3) is 0.500. The van der Waals surface area contributed by atoms with Crippen molar-refractivity contribution in [3.05, 3.63) is 46.1 Å². The molecule has 0 saturated carbocycles. The van der Waals surface area contributed by atoms with Crippen LogP contribution in [0.3, 0.4) is 0 Å². The summed E-state index contributed by atoms with van der Waals surface area (Å²) in [7, 11) is -3.43. The third-order valence-corrected chi connectivity index (χ3v) is 6.48. The largest absolute Gasteiger partial charge is 0.282 e. The van der Waals surface area contributed by atoms with Gasteiger partial charge in [-0.2, -0.15) is 4.31 Å². The van der Waals surface area contributed by atoms with Gasteiger partial charge in [0.1, 0.15) is 0 Å². The summed E-state index contributed by atoms with van der Waals surface area (Å²) in [6.45, 7) is 8.66. The zero-order valence-corrected chi connectivity index (χ0v) is 18.0. The predicted octanol–water partition coefficient (Wildman–Crippen LogP) is 2.14. The highest BCUT2D eigenvalue weighted by Crippen LogP contribution is 2.14. The van der Waals surface area contributed by atoms with Crippen LogP contribution >= 0.6 is 12.2 Å². The van der Waals surface area contributed by atoms with Gasteiger partial charge in [-0.1, -0.05) is 30.3 Å². The minimum absolute atomic E-state index is 0.229. The molecular weight excluding hydrogens is 396 g/mol. The van der Waals surface area contributed by atoms with E-state index in [4.69, 9.17) is 12.2 Å². The van der Waals surface area contributed by atoms with Gasteiger partial charge in [0.2, 0.25) is 14.8 Å². The van der Waals surface area contributed by atoms with Crippen LogP contribution in [0.1, 0.15) is 26.3 Å². The molecular formula is C18H26N6O2S2. The topological polar surface area (TPSA) is 76.3 Å². The molecule has 0 radical (unpaired) electrons. The highest BCUT2D eigenvalue weighted by Gasteiger charge is 2.26. The van der Waals surface area contributed by atoms with E-state index in [1.54, 1.807) is 15.4 Å². The molecule has 1 saturated heterocycles. The quantitative estimate of drug-likeness (QED) is 0.687. The molecule has 1 aromatic carbocycles. The van der Waals surface area contributed by atoms with Crippen LogP contribution in [0.15, 0.2) is 35.7 Å². The van der Waals surface area contributed by atoms with Crippen molar-refractivity contribution in [1.29, 1.82) is 0 Å². The van der Waals surface area contributed by atoms with Gasteiger partial charge in [-0.25, -0.2) is 17.8 Å². The van der Waals surface area contributed by atoms with E-state index in [9.17, 15) is 8.42 Å². The molecule has 0 bridgehead atoms. The van der Waals surface area contributed by atoms with Crippen LogP contribution < -0.4 is 0 Å². The maximum absolute atomic E-state index is 12.6. The van der Waals surface area contributed by atoms with Crippen LogP contribution in [0.5, 0.6) is 0 Å². The molecule has 8 nitrogen and oxygen atoms in total. The number of nitrogens with zero attached hydrogens (tertiary/aromatic N) is 6. The Labute approximate surface area is 171 Å². The lowest BCUT2D eigenvalue weighted by Gasteiger charge is -2.32. The van der Waals surface area contributed by atoms with Crippen LogP contribution in [0.4, 0.5) is 0 Å². The van der Waals surface area contributed by atoms with E-state index in [0.29, 0.717) is 37.6 Å². The summed E-state index contributed by atoms with van der Waals surface area (Å²) < 4.78 is 30.6. The number of piperazine rings is 1. The third-order valence-electron chi connectivity index (χ3n) is 4.53. The van der Waals surface area contributed by atoms with E-state index < -0.39 is 10.0 Å². The molecule has 0 unspecified atom stereocenters. The van der Waals surface area contributed by atoms with Crippen LogP contribution in [0.2, 0.25) is 0 Å². The average Bonchev–Trinajstić information content (AvgIpc) is 3.02. The Morgan fingerprint density at radius 1 is 1.07 bits per heavy atom. The van der Waals surface area contributed by atoms with Gasteiger partial charge in [-0.05, 0) is 55.1 Å². The summed E-state index contributed by atoms with van der Waals surface area (Å²) in [6.07, 6.45) is 1.63. The molecule has 0 N–H and O–H groups in total. The summed E-state index contributed by atoms with van der Waals surface area (Å²) >= 11 is 5.46. The smallest absolute Gasteiger partial charge is 0.236 e. The van der Waals surface area contributed by atoms with E-state index >= 15 is 0 Å². The molecule has 1 aliphatic heterocycles. The van der Waals surface area contributed by atoms with Crippen molar-refractivity contribution in [1.82, 2.24) is 29.0 Å². The lowest BCUT2D eigenvalue weighted by molar-refractivity contribution is 0.144. The first-order valence-corrected chi connectivity index (χ1v) is 11.1. The number of aromatic nitrogens is 4. The van der Waals surface area contributed by atoms with Gasteiger partial charge in [0.05, 0.1) is 12.2 Å². The fourth-order valence-electron chi connectivity index (χ4n) is 2.91. The Kier molecular flexibility index (Phi) is 6.13. The van der Waals surface area contributed by atoms with Gasteiger partial charge < -0.3 is 0 Å². The Morgan fingerprint density at radius 3 is 2.29 bits per heavy atom. The van der Waals surface area contributed by atoms with Crippen molar-refractivity contribution < 1.29 is 8.42 Å². The fourth-order valence-corrected chi connectivity index (χ4v) is 4.49. The van der Waals surface area contributed by atoms with E-state index in [-0.39, 0.29) is 5.54 Å². The van der Waals surface area contributed by atoms with E-state index in [0.717, 1.165) is 5.56 Å². The minimum atomic E-state index is -3.43. The Bertz CT molecular complexity index is 981. The average molecular weight is 423 g/mol. The monoisotopic (exact) mass is 422 g/mol. The Hall–Kier alpha value is -1.88. The van der Waals surface area contributed by atoms with E-state index in [1.165, 1.54) is 9.71 Å². The molecule has 28 heavy (non-hydrogen) atoms. The second-order valence-corrected chi connectivity index (χ2v) is 9.94. The standard InChI is InChI=1S/C18H26N6O2S2/c1-18(2,3)24-17(27)23(19-20-24)15-21-10-12-22(13-11-21)28(25,26)14-9-16-7-5-4-6-8-16/h4-9,14H,10-13,15H2,1-3H3/b14-9+. The zero-order chi connectivity index (χ0) is 20.4. The molecule has 2 heterocycles. The van der Waals surface area contributed by atoms with Gasteiger partial charge in [-0.3, -0.25) is 4.90 Å². The Morgan fingerprint density at radius 2 is 1.71 bits per heavy atom. The first-order valence-electron chi connectivity index (χ1n) is 9.16. The molecule has 0 spiro atoms. The molecule has 1 aromatic heterocycles. The van der Waals surface area contributed by atoms with Crippen molar-refractivity contribution in [3.63, 3.8) is 0 Å². The van der Waals surface area contributed by atoms with Crippen LogP contribution in [0, 0.1) is 4.77 Å². The van der Waals surface area contributed by atoms with Gasteiger partial charge in [-0.15, -0.1) is 0 Å². The van der Waals surface area contributed by atoms with Crippen molar-refractivity contribution in [2.45, 2.75) is 33.0 Å². The molecule has 3 rings (SSSR count). The second-order valence-electron chi connectivity index (χ2n) is 7.76. The molecule has 0 aliphatic carbocycles. The SMILES string of the molecule is CC(C)(C)n1nnn(CN2CCN(S(=O)(=O)/C=C/c3ccccc3)CC2)c1=S. The first kappa shape index (κ1) is 20.8. The van der Waals surface area contributed by atoms with Gasteiger partial charge in [0, 0.05) is 31.6 Å². The summed E-state index contributed by atoms with van der Waals surface area (Å²) in [5, 5.41) is 9.57. The van der Waals surface area contributed by atoms with Crippen molar-refractivity contribution in [3.8, 4) is 0 Å². The summed E-state index contributed by atoms with van der Waals surface area (Å²) in [5.41, 5.74) is 0.633. The van der Waals surface area contributed by atoms with Crippen molar-refractivity contribution >= 4 is 28.3 Å². The highest BCUT2D eigenvalue weighted by atomic mass is 32.2. The predicted molar refractivity (Wildman–Crippen MR) is 111 cm³/mol. The van der Waals surface area contributed by atoms with Gasteiger partial charge >= 0.3 is 0 Å². The summed E-state index contributed by atoms with van der Waals surface area (Å²) in [6, 6.07) is 9.41. The van der Waals surface area contributed by atoms with E-state index in [2.05, 4.69) is 15.3 Å². The van der Waals surface area contributed by atoms with Gasteiger partial charge in [0.15, 0.2) is 0 Å². The van der Waals surface area contributed by atoms with Crippen molar-refractivity contribution in [2.24, 2.45) is 0 Å².